The minimum atomic E-state index is -0.999. The Balaban J connectivity index is 2.36. The fourth-order valence-corrected chi connectivity index (χ4v) is 0.989. The molecule has 6 heteroatoms. The Labute approximate surface area is 78.6 Å². The Morgan fingerprint density at radius 3 is 2.71 bits per heavy atom. The van der Waals surface area contributed by atoms with Crippen LogP contribution < -0.4 is 0 Å². The first kappa shape index (κ1) is 8.36. The Hall–Kier alpha value is -2.24. The number of nitrogens with one attached hydrogen (secondary N) is 1. The zero-order valence-corrected chi connectivity index (χ0v) is 7.01. The molecule has 0 unspecified atom stereocenters. The monoisotopic (exact) mass is 190 g/mol. The normalized spacial score (nSPS) is 10.0. The summed E-state index contributed by atoms with van der Waals surface area (Å²) in [5.41, 5.74) is 0.709. The minimum absolute atomic E-state index is 0.147. The molecule has 2 N–H and O–H groups in total. The van der Waals surface area contributed by atoms with Crippen LogP contribution in [-0.4, -0.2) is 31.2 Å². The second-order valence-electron chi connectivity index (χ2n) is 2.57. The van der Waals surface area contributed by atoms with Gasteiger partial charge >= 0.3 is 5.97 Å². The van der Waals surface area contributed by atoms with Crippen molar-refractivity contribution < 1.29 is 9.90 Å². The maximum atomic E-state index is 10.5. The van der Waals surface area contributed by atoms with Crippen LogP contribution in [0, 0.1) is 0 Å². The van der Waals surface area contributed by atoms with Crippen LogP contribution in [0.2, 0.25) is 0 Å². The van der Waals surface area contributed by atoms with Crippen molar-refractivity contribution in [2.24, 2.45) is 0 Å². The summed E-state index contributed by atoms with van der Waals surface area (Å²) in [5, 5.41) is 14.9. The number of aromatic carboxylic acids is 1. The van der Waals surface area contributed by atoms with Crippen LogP contribution in [0.15, 0.2) is 24.7 Å². The predicted molar refractivity (Wildman–Crippen MR) is 46.6 cm³/mol. The first-order valence-electron chi connectivity index (χ1n) is 3.82. The number of carbonyl (C=O) groups is 1. The second kappa shape index (κ2) is 3.25. The van der Waals surface area contributed by atoms with Gasteiger partial charge in [0.25, 0.3) is 0 Å². The highest BCUT2D eigenvalue weighted by Gasteiger charge is 2.05. The third-order valence-corrected chi connectivity index (χ3v) is 1.67. The summed E-state index contributed by atoms with van der Waals surface area (Å²) in [6.45, 7) is 0. The Morgan fingerprint density at radius 1 is 1.36 bits per heavy atom. The van der Waals surface area contributed by atoms with E-state index in [4.69, 9.17) is 5.11 Å². The number of carboxylic acids is 1. The second-order valence-corrected chi connectivity index (χ2v) is 2.57. The van der Waals surface area contributed by atoms with Gasteiger partial charge in [0.15, 0.2) is 5.82 Å². The SMILES string of the molecule is O=C(O)c1ccc(-c2ncn[nH]2)nc1. The molecule has 0 spiro atoms. The van der Waals surface area contributed by atoms with Crippen molar-refractivity contribution in [2.75, 3.05) is 0 Å². The smallest absolute Gasteiger partial charge is 0.337 e. The molecule has 0 radical (unpaired) electrons. The molecular weight excluding hydrogens is 184 g/mol. The van der Waals surface area contributed by atoms with E-state index >= 15 is 0 Å². The molecule has 0 amide bonds. The fourth-order valence-electron chi connectivity index (χ4n) is 0.989. The standard InChI is InChI=1S/C8H6N4O2/c13-8(14)5-1-2-6(9-3-5)7-10-4-11-12-7/h1-4H,(H,13,14)(H,10,11,12). The number of hydrogen-bond acceptors (Lipinski definition) is 4. The van der Waals surface area contributed by atoms with E-state index in [1.807, 2.05) is 0 Å². The van der Waals surface area contributed by atoms with Crippen molar-refractivity contribution in [1.82, 2.24) is 20.2 Å². The summed E-state index contributed by atoms with van der Waals surface area (Å²) in [4.78, 5) is 18.3. The maximum absolute atomic E-state index is 10.5. The molecule has 0 aliphatic carbocycles. The lowest BCUT2D eigenvalue weighted by atomic mass is 10.2. The molecule has 2 rings (SSSR count). The summed E-state index contributed by atoms with van der Waals surface area (Å²) in [7, 11) is 0. The molecule has 0 saturated carbocycles. The van der Waals surface area contributed by atoms with Gasteiger partial charge in [0.2, 0.25) is 0 Å². The molecule has 0 aromatic carbocycles. The zero-order valence-electron chi connectivity index (χ0n) is 7.01. The quantitative estimate of drug-likeness (QED) is 0.722. The lowest BCUT2D eigenvalue weighted by Crippen LogP contribution is -1.97. The van der Waals surface area contributed by atoms with Crippen LogP contribution in [0.3, 0.4) is 0 Å². The first-order chi connectivity index (χ1) is 6.77. The summed E-state index contributed by atoms with van der Waals surface area (Å²) in [5.74, 6) is -0.483. The molecule has 0 saturated heterocycles. The number of aromatic amines is 1. The van der Waals surface area contributed by atoms with Gasteiger partial charge in [0.1, 0.15) is 12.0 Å². The van der Waals surface area contributed by atoms with E-state index in [1.165, 1.54) is 18.6 Å². The molecule has 0 atom stereocenters. The molecule has 6 nitrogen and oxygen atoms in total. The lowest BCUT2D eigenvalue weighted by molar-refractivity contribution is 0.0696. The topological polar surface area (TPSA) is 91.8 Å². The summed E-state index contributed by atoms with van der Waals surface area (Å²) in [6, 6.07) is 3.04. The molecule has 0 bridgehead atoms. The summed E-state index contributed by atoms with van der Waals surface area (Å²) >= 11 is 0. The number of aromatic nitrogens is 4. The van der Waals surface area contributed by atoms with E-state index < -0.39 is 5.97 Å². The van der Waals surface area contributed by atoms with Gasteiger partial charge in [-0.25, -0.2) is 9.78 Å². The van der Waals surface area contributed by atoms with Crippen molar-refractivity contribution in [1.29, 1.82) is 0 Å². The van der Waals surface area contributed by atoms with E-state index in [0.717, 1.165) is 0 Å². The number of hydrogen-bond donors (Lipinski definition) is 2. The Bertz CT molecular complexity index is 435. The Morgan fingerprint density at radius 2 is 2.21 bits per heavy atom. The van der Waals surface area contributed by atoms with Gasteiger partial charge in [0.05, 0.1) is 5.56 Å². The van der Waals surface area contributed by atoms with Gasteiger partial charge in [-0.15, -0.1) is 0 Å². The number of nitrogens with zero attached hydrogens (tertiary/aromatic N) is 3. The molecule has 0 aliphatic rings. The highest BCUT2D eigenvalue weighted by molar-refractivity contribution is 5.87. The summed E-state index contributed by atoms with van der Waals surface area (Å²) in [6.07, 6.45) is 2.64. The molecule has 2 aromatic heterocycles. The number of pyridine rings is 1. The minimum Gasteiger partial charge on any atom is -0.478 e. The number of carboxylic acid groups (broad SMARTS) is 1. The van der Waals surface area contributed by atoms with Crippen molar-refractivity contribution in [3.8, 4) is 11.5 Å². The van der Waals surface area contributed by atoms with E-state index in [9.17, 15) is 4.79 Å². The van der Waals surface area contributed by atoms with Crippen LogP contribution in [0.4, 0.5) is 0 Å². The fraction of sp³-hybridized carbons (Fsp3) is 0. The number of H-pyrrole nitrogens is 1. The molecular formula is C8H6N4O2. The van der Waals surface area contributed by atoms with E-state index in [2.05, 4.69) is 20.2 Å². The first-order valence-corrected chi connectivity index (χ1v) is 3.82. The highest BCUT2D eigenvalue weighted by atomic mass is 16.4. The van der Waals surface area contributed by atoms with Gasteiger partial charge in [-0.3, -0.25) is 10.1 Å². The van der Waals surface area contributed by atoms with Crippen LogP contribution in [0.25, 0.3) is 11.5 Å². The summed E-state index contributed by atoms with van der Waals surface area (Å²) < 4.78 is 0. The molecule has 0 fully saturated rings. The molecule has 14 heavy (non-hydrogen) atoms. The maximum Gasteiger partial charge on any atom is 0.337 e. The predicted octanol–water partition coefficient (Wildman–Crippen LogP) is 0.565. The Kier molecular flexibility index (Phi) is 1.94. The zero-order chi connectivity index (χ0) is 9.97. The molecule has 70 valence electrons. The van der Waals surface area contributed by atoms with Crippen molar-refractivity contribution >= 4 is 5.97 Å². The van der Waals surface area contributed by atoms with Crippen LogP contribution >= 0.6 is 0 Å². The third-order valence-electron chi connectivity index (χ3n) is 1.67. The van der Waals surface area contributed by atoms with Gasteiger partial charge < -0.3 is 5.11 Å². The average molecular weight is 190 g/mol. The largest absolute Gasteiger partial charge is 0.478 e. The van der Waals surface area contributed by atoms with E-state index in [0.29, 0.717) is 11.5 Å². The van der Waals surface area contributed by atoms with Gasteiger partial charge in [-0.1, -0.05) is 0 Å². The van der Waals surface area contributed by atoms with E-state index in [-0.39, 0.29) is 5.56 Å². The highest BCUT2D eigenvalue weighted by Crippen LogP contribution is 2.10. The lowest BCUT2D eigenvalue weighted by Gasteiger charge is -1.95. The van der Waals surface area contributed by atoms with Crippen LogP contribution in [0.5, 0.6) is 0 Å². The third kappa shape index (κ3) is 1.45. The van der Waals surface area contributed by atoms with Crippen molar-refractivity contribution in [3.05, 3.63) is 30.2 Å². The van der Waals surface area contributed by atoms with E-state index in [1.54, 1.807) is 6.07 Å². The van der Waals surface area contributed by atoms with Crippen molar-refractivity contribution in [2.45, 2.75) is 0 Å². The molecule has 2 aromatic rings. The molecule has 0 aliphatic heterocycles. The number of rotatable bonds is 2. The van der Waals surface area contributed by atoms with Crippen LogP contribution in [0.1, 0.15) is 10.4 Å². The molecule has 2 heterocycles. The van der Waals surface area contributed by atoms with Crippen LogP contribution in [-0.2, 0) is 0 Å². The van der Waals surface area contributed by atoms with Gasteiger partial charge in [-0.05, 0) is 12.1 Å². The van der Waals surface area contributed by atoms with Crippen molar-refractivity contribution in [3.63, 3.8) is 0 Å². The average Bonchev–Trinajstić information content (AvgIpc) is 2.71. The van der Waals surface area contributed by atoms with Gasteiger partial charge in [-0.2, -0.15) is 5.10 Å². The van der Waals surface area contributed by atoms with Gasteiger partial charge in [0, 0.05) is 6.20 Å².